The summed E-state index contributed by atoms with van der Waals surface area (Å²) in [5.41, 5.74) is 8.02. The minimum absolute atomic E-state index is 0.0415. The van der Waals surface area contributed by atoms with Gasteiger partial charge in [0.1, 0.15) is 0 Å². The van der Waals surface area contributed by atoms with Crippen molar-refractivity contribution < 1.29 is 9.53 Å². The van der Waals surface area contributed by atoms with Crippen molar-refractivity contribution in [1.29, 1.82) is 0 Å². The number of hydrogen-bond donors (Lipinski definition) is 3. The number of nitrogen functional groups attached to an aromatic ring is 1. The predicted octanol–water partition coefficient (Wildman–Crippen LogP) is 1.61. The summed E-state index contributed by atoms with van der Waals surface area (Å²) in [7, 11) is 1.68. The summed E-state index contributed by atoms with van der Waals surface area (Å²) < 4.78 is 4.98. The molecule has 2 rings (SSSR count). The Bertz CT molecular complexity index is 444. The van der Waals surface area contributed by atoms with E-state index in [4.69, 9.17) is 10.5 Å². The number of carbonyl (C=O) groups is 1. The molecule has 1 aliphatic carbocycles. The molecule has 1 amide bonds. The summed E-state index contributed by atoms with van der Waals surface area (Å²) in [6, 6.07) is 5.73. The molecule has 1 fully saturated rings. The SMILES string of the molecule is COCCCNc1ccc(C(=O)NC2CC2)cc1N. The lowest BCUT2D eigenvalue weighted by molar-refractivity contribution is 0.0951. The van der Waals surface area contributed by atoms with Crippen LogP contribution in [0.5, 0.6) is 0 Å². The highest BCUT2D eigenvalue weighted by Crippen LogP contribution is 2.22. The Hall–Kier alpha value is -1.75. The number of nitrogens with two attached hydrogens (primary N) is 1. The molecule has 1 aromatic rings. The second-order valence-electron chi connectivity index (χ2n) is 4.82. The maximum absolute atomic E-state index is 11.9. The van der Waals surface area contributed by atoms with Gasteiger partial charge in [0.25, 0.3) is 5.91 Å². The van der Waals surface area contributed by atoms with Gasteiger partial charge in [-0.15, -0.1) is 0 Å². The molecule has 0 aliphatic heterocycles. The van der Waals surface area contributed by atoms with Crippen LogP contribution in [0.15, 0.2) is 18.2 Å². The number of carbonyl (C=O) groups excluding carboxylic acids is 1. The Morgan fingerprint density at radius 3 is 2.89 bits per heavy atom. The zero-order valence-corrected chi connectivity index (χ0v) is 11.2. The van der Waals surface area contributed by atoms with E-state index >= 15 is 0 Å². The molecule has 0 heterocycles. The summed E-state index contributed by atoms with van der Waals surface area (Å²) in [5, 5.41) is 6.18. The van der Waals surface area contributed by atoms with Crippen molar-refractivity contribution in [1.82, 2.24) is 5.32 Å². The van der Waals surface area contributed by atoms with Crippen LogP contribution in [0, 0.1) is 0 Å². The fourth-order valence-corrected chi connectivity index (χ4v) is 1.80. The Morgan fingerprint density at radius 2 is 2.26 bits per heavy atom. The number of benzene rings is 1. The quantitative estimate of drug-likeness (QED) is 0.516. The lowest BCUT2D eigenvalue weighted by atomic mass is 10.1. The molecule has 4 N–H and O–H groups in total. The van der Waals surface area contributed by atoms with E-state index in [-0.39, 0.29) is 5.91 Å². The molecular formula is C14H21N3O2. The number of rotatable bonds is 7. The van der Waals surface area contributed by atoms with Crippen molar-refractivity contribution in [3.8, 4) is 0 Å². The third-order valence-corrected chi connectivity index (χ3v) is 3.07. The van der Waals surface area contributed by atoms with Crippen LogP contribution in [0.3, 0.4) is 0 Å². The summed E-state index contributed by atoms with van der Waals surface area (Å²) in [4.78, 5) is 11.9. The van der Waals surface area contributed by atoms with E-state index < -0.39 is 0 Å². The van der Waals surface area contributed by atoms with Gasteiger partial charge >= 0.3 is 0 Å². The zero-order chi connectivity index (χ0) is 13.7. The van der Waals surface area contributed by atoms with Crippen molar-refractivity contribution in [2.24, 2.45) is 0 Å². The first kappa shape index (κ1) is 13.7. The monoisotopic (exact) mass is 263 g/mol. The van der Waals surface area contributed by atoms with Crippen LogP contribution >= 0.6 is 0 Å². The van der Waals surface area contributed by atoms with Crippen LogP contribution in [0.1, 0.15) is 29.6 Å². The molecule has 1 aromatic carbocycles. The molecule has 5 heteroatoms. The van der Waals surface area contributed by atoms with Crippen LogP contribution in [0.25, 0.3) is 0 Å². The van der Waals surface area contributed by atoms with Gasteiger partial charge in [-0.1, -0.05) is 0 Å². The Kier molecular flexibility index (Phi) is 4.63. The van der Waals surface area contributed by atoms with Gasteiger partial charge in [-0.05, 0) is 37.5 Å². The maximum Gasteiger partial charge on any atom is 0.251 e. The van der Waals surface area contributed by atoms with Crippen molar-refractivity contribution in [2.45, 2.75) is 25.3 Å². The highest BCUT2D eigenvalue weighted by Gasteiger charge is 2.23. The van der Waals surface area contributed by atoms with Gasteiger partial charge in [0.2, 0.25) is 0 Å². The van der Waals surface area contributed by atoms with Gasteiger partial charge in [0, 0.05) is 31.9 Å². The van der Waals surface area contributed by atoms with E-state index in [0.29, 0.717) is 17.3 Å². The van der Waals surface area contributed by atoms with E-state index in [0.717, 1.165) is 38.1 Å². The second kappa shape index (κ2) is 6.43. The molecule has 0 aromatic heterocycles. The first-order chi connectivity index (χ1) is 9.20. The molecule has 0 radical (unpaired) electrons. The fourth-order valence-electron chi connectivity index (χ4n) is 1.80. The lowest BCUT2D eigenvalue weighted by Crippen LogP contribution is -2.25. The van der Waals surface area contributed by atoms with Gasteiger partial charge in [-0.25, -0.2) is 0 Å². The second-order valence-corrected chi connectivity index (χ2v) is 4.82. The molecule has 0 bridgehead atoms. The Morgan fingerprint density at radius 1 is 1.47 bits per heavy atom. The van der Waals surface area contributed by atoms with Crippen LogP contribution in [0.2, 0.25) is 0 Å². The van der Waals surface area contributed by atoms with Gasteiger partial charge in [0.15, 0.2) is 0 Å². The molecule has 19 heavy (non-hydrogen) atoms. The van der Waals surface area contributed by atoms with E-state index in [2.05, 4.69) is 10.6 Å². The third kappa shape index (κ3) is 4.13. The largest absolute Gasteiger partial charge is 0.397 e. The number of hydrogen-bond acceptors (Lipinski definition) is 4. The number of amides is 1. The van der Waals surface area contributed by atoms with Gasteiger partial charge in [-0.3, -0.25) is 4.79 Å². The molecule has 0 unspecified atom stereocenters. The smallest absolute Gasteiger partial charge is 0.251 e. The summed E-state index contributed by atoms with van der Waals surface area (Å²) in [6.45, 7) is 1.51. The van der Waals surface area contributed by atoms with Crippen LogP contribution < -0.4 is 16.4 Å². The summed E-state index contributed by atoms with van der Waals surface area (Å²) >= 11 is 0. The highest BCUT2D eigenvalue weighted by atomic mass is 16.5. The standard InChI is InChI=1S/C14H21N3O2/c1-19-8-2-7-16-13-6-3-10(9-12(13)15)14(18)17-11-4-5-11/h3,6,9,11,16H,2,4-5,7-8,15H2,1H3,(H,17,18). The fraction of sp³-hybridized carbons (Fsp3) is 0.500. The third-order valence-electron chi connectivity index (χ3n) is 3.07. The number of nitrogens with one attached hydrogen (secondary N) is 2. The zero-order valence-electron chi connectivity index (χ0n) is 11.2. The molecule has 1 saturated carbocycles. The van der Waals surface area contributed by atoms with Crippen LogP contribution in [0.4, 0.5) is 11.4 Å². The molecule has 104 valence electrons. The molecule has 0 spiro atoms. The van der Waals surface area contributed by atoms with Gasteiger partial charge in [-0.2, -0.15) is 0 Å². The molecule has 5 nitrogen and oxygen atoms in total. The van der Waals surface area contributed by atoms with E-state index in [1.54, 1.807) is 19.2 Å². The van der Waals surface area contributed by atoms with E-state index in [9.17, 15) is 4.79 Å². The number of ether oxygens (including phenoxy) is 1. The lowest BCUT2D eigenvalue weighted by Gasteiger charge is -2.11. The molecular weight excluding hydrogens is 242 g/mol. The van der Waals surface area contributed by atoms with Crippen LogP contribution in [-0.4, -0.2) is 32.2 Å². The molecule has 0 atom stereocenters. The van der Waals surface area contributed by atoms with Crippen molar-refractivity contribution in [2.75, 3.05) is 31.3 Å². The molecule has 0 saturated heterocycles. The summed E-state index contributed by atoms with van der Waals surface area (Å²) in [6.07, 6.45) is 3.08. The van der Waals surface area contributed by atoms with Crippen LogP contribution in [-0.2, 0) is 4.74 Å². The minimum Gasteiger partial charge on any atom is -0.397 e. The predicted molar refractivity (Wildman–Crippen MR) is 76.3 cm³/mol. The Labute approximate surface area is 113 Å². The average Bonchev–Trinajstić information content (AvgIpc) is 3.20. The van der Waals surface area contributed by atoms with Crippen molar-refractivity contribution in [3.63, 3.8) is 0 Å². The summed E-state index contributed by atoms with van der Waals surface area (Å²) in [5.74, 6) is -0.0415. The number of methoxy groups -OCH3 is 1. The molecule has 1 aliphatic rings. The van der Waals surface area contributed by atoms with Crippen molar-refractivity contribution in [3.05, 3.63) is 23.8 Å². The number of anilines is 2. The maximum atomic E-state index is 11.9. The van der Waals surface area contributed by atoms with E-state index in [1.165, 1.54) is 0 Å². The minimum atomic E-state index is -0.0415. The normalized spacial score (nSPS) is 14.2. The Balaban J connectivity index is 1.90. The van der Waals surface area contributed by atoms with Gasteiger partial charge in [0.05, 0.1) is 11.4 Å². The topological polar surface area (TPSA) is 76.4 Å². The highest BCUT2D eigenvalue weighted by molar-refractivity contribution is 5.96. The van der Waals surface area contributed by atoms with Gasteiger partial charge < -0.3 is 21.1 Å². The first-order valence-corrected chi connectivity index (χ1v) is 6.64. The van der Waals surface area contributed by atoms with E-state index in [1.807, 2.05) is 6.07 Å². The van der Waals surface area contributed by atoms with Crippen molar-refractivity contribution >= 4 is 17.3 Å². The average molecular weight is 263 g/mol. The first-order valence-electron chi connectivity index (χ1n) is 6.64.